The number of halogens is 1. The van der Waals surface area contributed by atoms with Gasteiger partial charge in [-0.15, -0.1) is 0 Å². The molecule has 1 amide bonds. The molecule has 0 saturated carbocycles. The number of nitrogens with two attached hydrogens (primary N) is 1. The lowest BCUT2D eigenvalue weighted by Crippen LogP contribution is -2.30. The van der Waals surface area contributed by atoms with Crippen molar-refractivity contribution in [2.75, 3.05) is 5.73 Å². The molecule has 20 heavy (non-hydrogen) atoms. The quantitative estimate of drug-likeness (QED) is 0.606. The average molecular weight is 401 g/mol. The molecule has 7 heteroatoms. The molecule has 1 unspecified atom stereocenters. The molecular weight excluding hydrogens is 389 g/mol. The van der Waals surface area contributed by atoms with Crippen molar-refractivity contribution in [3.8, 4) is 0 Å². The third-order valence-corrected chi connectivity index (χ3v) is 4.93. The number of nitrogen functional groups attached to an aromatic ring is 1. The number of pyridine rings is 1. The summed E-state index contributed by atoms with van der Waals surface area (Å²) < 4.78 is 15.5. The maximum Gasteiger partial charge on any atom is 0.264 e. The van der Waals surface area contributed by atoms with Gasteiger partial charge < -0.3 is 5.73 Å². The summed E-state index contributed by atoms with van der Waals surface area (Å²) in [4.78, 5) is 16.4. The lowest BCUT2D eigenvalue weighted by molar-refractivity contribution is 0.0982. The number of nitrogens with one attached hydrogen (secondary N) is 1. The first-order valence-corrected chi connectivity index (χ1v) is 8.36. The topological polar surface area (TPSA) is 85.1 Å². The number of carbonyl (C=O) groups is 1. The second-order valence-corrected chi connectivity index (χ2v) is 7.20. The highest BCUT2D eigenvalue weighted by molar-refractivity contribution is 14.1. The van der Waals surface area contributed by atoms with E-state index < -0.39 is 15.6 Å². The molecule has 104 valence electrons. The van der Waals surface area contributed by atoms with Crippen LogP contribution < -0.4 is 10.5 Å². The summed E-state index contributed by atoms with van der Waals surface area (Å²) in [6.45, 7) is 0. The zero-order valence-electron chi connectivity index (χ0n) is 10.4. The third-order valence-electron chi connectivity index (χ3n) is 2.51. The molecule has 0 saturated heterocycles. The minimum atomic E-state index is -2.89. The molecule has 1 atom stereocenters. The Bertz CT molecular complexity index is 745. The van der Waals surface area contributed by atoms with E-state index >= 15 is 0 Å². The van der Waals surface area contributed by atoms with E-state index in [0.29, 0.717) is 14.3 Å². The van der Waals surface area contributed by atoms with Crippen molar-refractivity contribution in [3.63, 3.8) is 0 Å². The van der Waals surface area contributed by atoms with E-state index in [1.807, 2.05) is 22.6 Å². The van der Waals surface area contributed by atoms with Crippen LogP contribution in [0.1, 0.15) is 10.4 Å². The Kier molecular flexibility index (Phi) is 4.29. The van der Waals surface area contributed by atoms with Crippen LogP contribution in [-0.4, -0.2) is 21.0 Å². The first-order valence-electron chi connectivity index (χ1n) is 5.55. The highest BCUT2D eigenvalue weighted by Crippen LogP contribution is 2.14. The summed E-state index contributed by atoms with van der Waals surface area (Å²) in [5.74, 6) is 3.44. The van der Waals surface area contributed by atoms with Gasteiger partial charge in [-0.1, -0.05) is 18.2 Å². The van der Waals surface area contributed by atoms with Crippen LogP contribution in [0.5, 0.6) is 0 Å². The molecule has 1 aromatic carbocycles. The van der Waals surface area contributed by atoms with E-state index in [0.717, 1.165) is 0 Å². The summed E-state index contributed by atoms with van der Waals surface area (Å²) in [6.07, 6.45) is 1.34. The number of benzene rings is 1. The number of rotatable bonds is 3. The standard InChI is InChI=1S/C13H12IN3O2S/c1-20(19,10-5-3-2-4-6-10)17-13(18)9-7-11(14)12(15)16-8-9/h2-8H,1H2,(H2,15,16)(H,17,18,19). The largest absolute Gasteiger partial charge is 0.383 e. The Hall–Kier alpha value is -1.61. The van der Waals surface area contributed by atoms with E-state index in [1.54, 1.807) is 36.4 Å². The summed E-state index contributed by atoms with van der Waals surface area (Å²) in [5, 5.41) is 0. The van der Waals surface area contributed by atoms with Crippen molar-refractivity contribution in [3.05, 3.63) is 51.7 Å². The van der Waals surface area contributed by atoms with Gasteiger partial charge in [0, 0.05) is 11.1 Å². The molecule has 0 radical (unpaired) electrons. The number of anilines is 1. The van der Waals surface area contributed by atoms with Crippen LogP contribution in [-0.2, 0) is 9.71 Å². The lowest BCUT2D eigenvalue weighted by Gasteiger charge is -2.11. The number of amides is 1. The molecule has 0 aliphatic carbocycles. The van der Waals surface area contributed by atoms with E-state index in [9.17, 15) is 9.00 Å². The number of nitrogens with zero attached hydrogens (tertiary/aromatic N) is 1. The Morgan fingerprint density at radius 1 is 1.35 bits per heavy atom. The van der Waals surface area contributed by atoms with E-state index in [2.05, 4.69) is 15.6 Å². The van der Waals surface area contributed by atoms with Gasteiger partial charge in [0.05, 0.1) is 18.8 Å². The van der Waals surface area contributed by atoms with Gasteiger partial charge in [-0.05, 0) is 46.7 Å². The SMILES string of the molecule is C=S(=O)(NC(=O)c1cnc(N)c(I)c1)c1ccccc1. The van der Waals surface area contributed by atoms with Crippen LogP contribution in [0.25, 0.3) is 0 Å². The molecule has 1 heterocycles. The predicted molar refractivity (Wildman–Crippen MR) is 88.8 cm³/mol. The molecule has 0 spiro atoms. The Morgan fingerprint density at radius 3 is 2.60 bits per heavy atom. The third kappa shape index (κ3) is 3.28. The van der Waals surface area contributed by atoms with Gasteiger partial charge in [0.15, 0.2) is 0 Å². The minimum absolute atomic E-state index is 0.288. The fourth-order valence-electron chi connectivity index (χ4n) is 1.48. The van der Waals surface area contributed by atoms with Crippen molar-refractivity contribution >= 4 is 49.9 Å². The summed E-state index contributed by atoms with van der Waals surface area (Å²) in [7, 11) is -2.89. The van der Waals surface area contributed by atoms with E-state index in [-0.39, 0.29) is 5.56 Å². The Morgan fingerprint density at radius 2 is 2.00 bits per heavy atom. The molecule has 0 aliphatic heterocycles. The zero-order chi connectivity index (χ0) is 14.8. The smallest absolute Gasteiger partial charge is 0.264 e. The van der Waals surface area contributed by atoms with Gasteiger partial charge in [0.25, 0.3) is 5.91 Å². The van der Waals surface area contributed by atoms with Crippen molar-refractivity contribution in [2.24, 2.45) is 0 Å². The molecule has 2 rings (SSSR count). The number of hydrogen-bond acceptors (Lipinski definition) is 4. The molecule has 0 aliphatic rings. The molecule has 0 bridgehead atoms. The van der Waals surface area contributed by atoms with Crippen LogP contribution in [0.15, 0.2) is 47.5 Å². The number of carbonyl (C=O) groups excluding carboxylic acids is 1. The zero-order valence-corrected chi connectivity index (χ0v) is 13.3. The maximum absolute atomic E-state index is 12.4. The van der Waals surface area contributed by atoms with Gasteiger partial charge >= 0.3 is 0 Å². The van der Waals surface area contributed by atoms with Crippen molar-refractivity contribution in [1.29, 1.82) is 0 Å². The monoisotopic (exact) mass is 401 g/mol. The van der Waals surface area contributed by atoms with Crippen LogP contribution in [0.4, 0.5) is 5.82 Å². The summed E-state index contributed by atoms with van der Waals surface area (Å²) in [6, 6.07) is 10.2. The fourth-order valence-corrected chi connectivity index (χ4v) is 3.09. The molecule has 5 nitrogen and oxygen atoms in total. The van der Waals surface area contributed by atoms with Crippen LogP contribution in [0, 0.1) is 3.57 Å². The maximum atomic E-state index is 12.4. The first-order chi connectivity index (χ1) is 9.40. The molecule has 1 aromatic heterocycles. The molecule has 3 N–H and O–H groups in total. The second kappa shape index (κ2) is 5.80. The van der Waals surface area contributed by atoms with Gasteiger partial charge in [-0.2, -0.15) is 0 Å². The normalized spacial score (nSPS) is 13.4. The molecular formula is C13H12IN3O2S. The van der Waals surface area contributed by atoms with Crippen LogP contribution >= 0.6 is 22.6 Å². The van der Waals surface area contributed by atoms with E-state index in [4.69, 9.17) is 5.73 Å². The summed E-state index contributed by atoms with van der Waals surface area (Å²) >= 11 is 1.98. The van der Waals surface area contributed by atoms with Crippen molar-refractivity contribution in [2.45, 2.75) is 4.90 Å². The molecule has 2 aromatic rings. The van der Waals surface area contributed by atoms with E-state index in [1.165, 1.54) is 6.20 Å². The van der Waals surface area contributed by atoms with Crippen molar-refractivity contribution < 1.29 is 9.00 Å². The first kappa shape index (κ1) is 14.8. The van der Waals surface area contributed by atoms with Gasteiger partial charge in [0.2, 0.25) is 0 Å². The van der Waals surface area contributed by atoms with Gasteiger partial charge in [-0.25, -0.2) is 9.19 Å². The number of aromatic nitrogens is 1. The molecule has 0 fully saturated rings. The van der Waals surface area contributed by atoms with Crippen molar-refractivity contribution in [1.82, 2.24) is 9.71 Å². The van der Waals surface area contributed by atoms with Crippen LogP contribution in [0.3, 0.4) is 0 Å². The van der Waals surface area contributed by atoms with Gasteiger partial charge in [0.1, 0.15) is 5.82 Å². The van der Waals surface area contributed by atoms with Gasteiger partial charge in [-0.3, -0.25) is 9.52 Å². The Labute approximate surface area is 130 Å². The highest BCUT2D eigenvalue weighted by Gasteiger charge is 2.14. The minimum Gasteiger partial charge on any atom is -0.383 e. The highest BCUT2D eigenvalue weighted by atomic mass is 127. The summed E-state index contributed by atoms with van der Waals surface area (Å²) in [5.41, 5.74) is 5.88. The second-order valence-electron chi connectivity index (χ2n) is 4.01. The van der Waals surface area contributed by atoms with Crippen LogP contribution in [0.2, 0.25) is 0 Å². The Balaban J connectivity index is 2.25. The lowest BCUT2D eigenvalue weighted by atomic mass is 10.3. The fraction of sp³-hybridized carbons (Fsp3) is 0. The average Bonchev–Trinajstić information content (AvgIpc) is 2.42. The number of hydrogen-bond donors (Lipinski definition) is 2. The predicted octanol–water partition coefficient (Wildman–Crippen LogP) is 1.69.